The maximum absolute atomic E-state index is 11.4. The quantitative estimate of drug-likeness (QED) is 0.455. The summed E-state index contributed by atoms with van der Waals surface area (Å²) < 4.78 is 5.95. The predicted molar refractivity (Wildman–Crippen MR) is 67.3 cm³/mol. The Kier molecular flexibility index (Phi) is 3.68. The summed E-state index contributed by atoms with van der Waals surface area (Å²) in [6.45, 7) is 10.8. The Balaban J connectivity index is 2.65. The molecule has 0 aromatic rings. The third kappa shape index (κ3) is 2.63. The van der Waals surface area contributed by atoms with Crippen LogP contribution in [0.2, 0.25) is 18.1 Å². The lowest BCUT2D eigenvalue weighted by Gasteiger charge is -2.46. The van der Waals surface area contributed by atoms with E-state index in [1.54, 1.807) is 5.06 Å². The molecule has 0 aromatic heterocycles. The average Bonchev–Trinajstić information content (AvgIpc) is 2.08. The topological polar surface area (TPSA) is 29.5 Å². The van der Waals surface area contributed by atoms with Crippen LogP contribution in [-0.4, -0.2) is 30.7 Å². The van der Waals surface area contributed by atoms with Crippen molar-refractivity contribution in [3.63, 3.8) is 0 Å². The minimum absolute atomic E-state index is 0.115. The van der Waals surface area contributed by atoms with Gasteiger partial charge in [0.05, 0.1) is 12.5 Å². The molecule has 0 radical (unpaired) electrons. The molecule has 1 aliphatic rings. The Morgan fingerprint density at radius 3 is 2.40 bits per heavy atom. The number of amides is 1. The van der Waals surface area contributed by atoms with Gasteiger partial charge in [-0.25, -0.2) is 5.06 Å². The maximum atomic E-state index is 11.4. The fourth-order valence-electron chi connectivity index (χ4n) is 1.09. The summed E-state index contributed by atoms with van der Waals surface area (Å²) in [4.78, 5) is 11.4. The number of halogens is 1. The first-order chi connectivity index (χ1) is 6.69. The molecule has 0 aromatic carbocycles. The van der Waals surface area contributed by atoms with Crippen LogP contribution in [0.4, 0.5) is 0 Å². The number of carbonyl (C=O) groups is 1. The van der Waals surface area contributed by atoms with Gasteiger partial charge in [0.25, 0.3) is 0 Å². The van der Waals surface area contributed by atoms with Gasteiger partial charge in [-0.3, -0.25) is 4.79 Å². The van der Waals surface area contributed by atoms with E-state index in [1.165, 1.54) is 0 Å². The molecule has 0 bridgehead atoms. The van der Waals surface area contributed by atoms with Crippen LogP contribution >= 0.6 is 15.9 Å². The molecular weight excluding hydrogens is 274 g/mol. The van der Waals surface area contributed by atoms with Gasteiger partial charge in [0.2, 0.25) is 14.2 Å². The molecule has 1 fully saturated rings. The third-order valence-corrected chi connectivity index (χ3v) is 8.31. The lowest BCUT2D eigenvalue weighted by Crippen LogP contribution is -2.59. The molecule has 15 heavy (non-hydrogen) atoms. The van der Waals surface area contributed by atoms with Crippen LogP contribution in [0.15, 0.2) is 0 Å². The van der Waals surface area contributed by atoms with Gasteiger partial charge in [-0.2, -0.15) is 0 Å². The van der Waals surface area contributed by atoms with Crippen molar-refractivity contribution < 1.29 is 9.32 Å². The van der Waals surface area contributed by atoms with Crippen LogP contribution in [0.25, 0.3) is 0 Å². The van der Waals surface area contributed by atoms with E-state index in [0.717, 1.165) is 5.33 Å². The second-order valence-corrected chi connectivity index (χ2v) is 10.9. The van der Waals surface area contributed by atoms with Gasteiger partial charge in [0.15, 0.2) is 0 Å². The zero-order chi connectivity index (χ0) is 11.9. The Labute approximate surface area is 101 Å². The first-order valence-corrected chi connectivity index (χ1v) is 9.29. The molecule has 1 aliphatic heterocycles. The van der Waals surface area contributed by atoms with E-state index in [4.69, 9.17) is 4.53 Å². The molecular formula is C10H20BrNO2Si. The maximum Gasteiger partial charge on any atom is 0.247 e. The van der Waals surface area contributed by atoms with Crippen molar-refractivity contribution in [1.29, 1.82) is 0 Å². The highest BCUT2D eigenvalue weighted by molar-refractivity contribution is 9.09. The van der Waals surface area contributed by atoms with E-state index >= 15 is 0 Å². The molecule has 0 spiro atoms. The molecule has 0 saturated carbocycles. The number of β-lactam (4-membered cyclic amide) rings is 1. The van der Waals surface area contributed by atoms with Crippen LogP contribution in [0, 0.1) is 0 Å². The molecule has 1 unspecified atom stereocenters. The molecule has 1 atom stereocenters. The molecule has 1 amide bonds. The summed E-state index contributed by atoms with van der Waals surface area (Å²) in [5.74, 6) is 0.115. The predicted octanol–water partition coefficient (Wildman–Crippen LogP) is 2.92. The monoisotopic (exact) mass is 293 g/mol. The normalized spacial score (nSPS) is 22.9. The summed E-state index contributed by atoms with van der Waals surface area (Å²) in [6.07, 6.45) is 0.611. The average molecular weight is 294 g/mol. The fourth-order valence-corrected chi connectivity index (χ4v) is 2.60. The summed E-state index contributed by atoms with van der Waals surface area (Å²) in [5.41, 5.74) is 0. The molecule has 0 aliphatic carbocycles. The van der Waals surface area contributed by atoms with Gasteiger partial charge >= 0.3 is 0 Å². The minimum Gasteiger partial charge on any atom is -0.317 e. The largest absolute Gasteiger partial charge is 0.317 e. The van der Waals surface area contributed by atoms with Crippen molar-refractivity contribution in [3.8, 4) is 0 Å². The molecule has 1 rings (SSSR count). The SMILES string of the molecule is CC(C)(C)[Si](C)(C)ON1C(=O)CC1CBr. The van der Waals surface area contributed by atoms with Crippen molar-refractivity contribution in [3.05, 3.63) is 0 Å². The second kappa shape index (κ2) is 4.18. The van der Waals surface area contributed by atoms with Crippen LogP contribution in [0.1, 0.15) is 27.2 Å². The third-order valence-electron chi connectivity index (χ3n) is 3.30. The molecule has 5 heteroatoms. The Bertz CT molecular complexity index is 263. The van der Waals surface area contributed by atoms with E-state index < -0.39 is 8.32 Å². The van der Waals surface area contributed by atoms with Gasteiger partial charge in [0.1, 0.15) is 0 Å². The smallest absolute Gasteiger partial charge is 0.247 e. The van der Waals surface area contributed by atoms with Crippen LogP contribution in [0.3, 0.4) is 0 Å². The van der Waals surface area contributed by atoms with Gasteiger partial charge < -0.3 is 4.53 Å². The van der Waals surface area contributed by atoms with E-state index in [-0.39, 0.29) is 17.0 Å². The Morgan fingerprint density at radius 2 is 2.07 bits per heavy atom. The summed E-state index contributed by atoms with van der Waals surface area (Å²) >= 11 is 3.39. The van der Waals surface area contributed by atoms with Gasteiger partial charge in [-0.15, -0.1) is 0 Å². The lowest BCUT2D eigenvalue weighted by atomic mass is 10.1. The zero-order valence-corrected chi connectivity index (χ0v) is 12.7. The second-order valence-electron chi connectivity index (χ2n) is 5.58. The van der Waals surface area contributed by atoms with Crippen molar-refractivity contribution >= 4 is 30.2 Å². The molecule has 3 nitrogen and oxygen atoms in total. The summed E-state index contributed by atoms with van der Waals surface area (Å²) in [5, 5.41) is 2.51. The van der Waals surface area contributed by atoms with Crippen molar-refractivity contribution in [2.75, 3.05) is 5.33 Å². The summed E-state index contributed by atoms with van der Waals surface area (Å²) in [7, 11) is -1.85. The number of hydrogen-bond acceptors (Lipinski definition) is 2. The highest BCUT2D eigenvalue weighted by Gasteiger charge is 2.45. The number of hydroxylamine groups is 2. The van der Waals surface area contributed by atoms with Crippen molar-refractivity contribution in [2.24, 2.45) is 0 Å². The van der Waals surface area contributed by atoms with Crippen molar-refractivity contribution in [2.45, 2.75) is 51.4 Å². The first-order valence-electron chi connectivity index (χ1n) is 5.26. The van der Waals surface area contributed by atoms with Crippen LogP contribution in [-0.2, 0) is 9.32 Å². The Morgan fingerprint density at radius 1 is 1.53 bits per heavy atom. The molecule has 1 saturated heterocycles. The van der Waals surface area contributed by atoms with Crippen LogP contribution < -0.4 is 0 Å². The minimum atomic E-state index is -1.85. The molecule has 88 valence electrons. The van der Waals surface area contributed by atoms with E-state index in [0.29, 0.717) is 6.42 Å². The first kappa shape index (κ1) is 13.2. The number of carbonyl (C=O) groups excluding carboxylic acids is 1. The van der Waals surface area contributed by atoms with E-state index in [1.807, 2.05) is 0 Å². The molecule has 1 heterocycles. The number of nitrogens with zero attached hydrogens (tertiary/aromatic N) is 1. The van der Waals surface area contributed by atoms with Gasteiger partial charge in [-0.1, -0.05) is 36.7 Å². The zero-order valence-electron chi connectivity index (χ0n) is 10.1. The van der Waals surface area contributed by atoms with Crippen LogP contribution in [0.5, 0.6) is 0 Å². The Hall–Kier alpha value is 0.127. The van der Waals surface area contributed by atoms with E-state index in [9.17, 15) is 4.79 Å². The lowest BCUT2D eigenvalue weighted by molar-refractivity contribution is -0.191. The highest BCUT2D eigenvalue weighted by atomic mass is 79.9. The van der Waals surface area contributed by atoms with Gasteiger partial charge in [-0.05, 0) is 18.1 Å². The molecule has 0 N–H and O–H groups in total. The number of rotatable bonds is 3. The van der Waals surface area contributed by atoms with E-state index in [2.05, 4.69) is 49.8 Å². The fraction of sp³-hybridized carbons (Fsp3) is 0.900. The van der Waals surface area contributed by atoms with Crippen molar-refractivity contribution in [1.82, 2.24) is 5.06 Å². The standard InChI is InChI=1S/C10H20BrNO2Si/c1-10(2,3)15(4,5)14-12-8(7-11)6-9(12)13/h8H,6-7H2,1-5H3. The number of alkyl halides is 1. The van der Waals surface area contributed by atoms with Gasteiger partial charge in [0, 0.05) is 5.33 Å². The summed E-state index contributed by atoms with van der Waals surface area (Å²) in [6, 6.07) is 0.228. The number of hydrogen-bond donors (Lipinski definition) is 0. The highest BCUT2D eigenvalue weighted by Crippen LogP contribution is 2.39.